The monoisotopic (exact) mass is 287 g/mol. The summed E-state index contributed by atoms with van der Waals surface area (Å²) >= 11 is 0. The van der Waals surface area contributed by atoms with Crippen molar-refractivity contribution in [1.29, 1.82) is 0 Å². The molecular formula is C17H18FNO2. The van der Waals surface area contributed by atoms with Crippen LogP contribution in [0.1, 0.15) is 12.0 Å². The second-order valence-corrected chi connectivity index (χ2v) is 5.42. The van der Waals surface area contributed by atoms with Crippen molar-refractivity contribution in [2.45, 2.75) is 19.0 Å². The molecule has 1 fully saturated rings. The number of esters is 1. The Hall–Kier alpha value is -1.94. The van der Waals surface area contributed by atoms with Gasteiger partial charge in [0.1, 0.15) is 18.5 Å². The van der Waals surface area contributed by atoms with Gasteiger partial charge in [-0.15, -0.1) is 0 Å². The Bertz CT molecular complexity index is 567. The molecule has 0 bridgehead atoms. The summed E-state index contributed by atoms with van der Waals surface area (Å²) in [4.78, 5) is 14.3. The smallest absolute Gasteiger partial charge is 0.324 e. The van der Waals surface area contributed by atoms with Gasteiger partial charge in [-0.3, -0.25) is 9.69 Å². The van der Waals surface area contributed by atoms with Crippen LogP contribution in [-0.2, 0) is 16.1 Å². The van der Waals surface area contributed by atoms with E-state index in [-0.39, 0.29) is 23.8 Å². The predicted molar refractivity (Wildman–Crippen MR) is 78.0 cm³/mol. The van der Waals surface area contributed by atoms with Gasteiger partial charge in [0, 0.05) is 19.0 Å². The number of morpholine rings is 1. The minimum Gasteiger partial charge on any atom is -0.463 e. The van der Waals surface area contributed by atoms with Crippen LogP contribution in [0, 0.1) is 5.92 Å². The summed E-state index contributed by atoms with van der Waals surface area (Å²) in [5.74, 6) is -0.464. The average molecular weight is 287 g/mol. The first kappa shape index (κ1) is 14.0. The molecule has 1 aromatic carbocycles. The molecular weight excluding hydrogens is 269 g/mol. The molecule has 2 atom stereocenters. The largest absolute Gasteiger partial charge is 0.463 e. The van der Waals surface area contributed by atoms with E-state index >= 15 is 0 Å². The van der Waals surface area contributed by atoms with Gasteiger partial charge in [-0.05, 0) is 24.1 Å². The topological polar surface area (TPSA) is 29.5 Å². The fraction of sp³-hybridized carbons (Fsp3) is 0.353. The quantitative estimate of drug-likeness (QED) is 0.801. The molecule has 0 aromatic heterocycles. The second-order valence-electron chi connectivity index (χ2n) is 5.42. The molecule has 0 radical (unpaired) electrons. The van der Waals surface area contributed by atoms with Gasteiger partial charge < -0.3 is 4.74 Å². The Kier molecular flexibility index (Phi) is 4.15. The molecule has 0 N–H and O–H groups in total. The Labute approximate surface area is 123 Å². The summed E-state index contributed by atoms with van der Waals surface area (Å²) < 4.78 is 18.3. The van der Waals surface area contributed by atoms with Crippen LogP contribution in [0.4, 0.5) is 4.39 Å². The molecule has 4 heteroatoms. The zero-order chi connectivity index (χ0) is 14.7. The summed E-state index contributed by atoms with van der Waals surface area (Å²) in [5, 5.41) is 0. The molecule has 110 valence electrons. The number of nitrogens with zero attached hydrogens (tertiary/aromatic N) is 1. The Morgan fingerprint density at radius 2 is 2.10 bits per heavy atom. The number of cyclic esters (lactones) is 1. The van der Waals surface area contributed by atoms with E-state index in [9.17, 15) is 9.18 Å². The molecule has 1 saturated heterocycles. The van der Waals surface area contributed by atoms with Gasteiger partial charge in [0.05, 0.1) is 0 Å². The molecule has 1 aliphatic heterocycles. The minimum absolute atomic E-state index is 0.0268. The highest BCUT2D eigenvalue weighted by Gasteiger charge is 2.37. The molecule has 1 aromatic rings. The molecule has 21 heavy (non-hydrogen) atoms. The maximum absolute atomic E-state index is 13.1. The number of allylic oxidation sites excluding steroid dienone is 3. The lowest BCUT2D eigenvalue weighted by Crippen LogP contribution is -2.51. The van der Waals surface area contributed by atoms with Crippen LogP contribution >= 0.6 is 0 Å². The SMILES string of the molecule is O=C1OCCN(Cc2ccccc2)C1[C@@H]1C=CC(F)=CC1. The van der Waals surface area contributed by atoms with Gasteiger partial charge in [0.25, 0.3) is 0 Å². The lowest BCUT2D eigenvalue weighted by Gasteiger charge is -2.38. The minimum atomic E-state index is -0.334. The number of ether oxygens (including phenoxy) is 1. The lowest BCUT2D eigenvalue weighted by atomic mass is 9.90. The zero-order valence-corrected chi connectivity index (χ0v) is 11.7. The fourth-order valence-corrected chi connectivity index (χ4v) is 2.92. The zero-order valence-electron chi connectivity index (χ0n) is 11.7. The van der Waals surface area contributed by atoms with Crippen LogP contribution in [0.2, 0.25) is 0 Å². The summed E-state index contributed by atoms with van der Waals surface area (Å²) in [6.07, 6.45) is 5.29. The van der Waals surface area contributed by atoms with Crippen LogP contribution in [0.15, 0.2) is 54.4 Å². The predicted octanol–water partition coefficient (Wildman–Crippen LogP) is 2.84. The molecule has 2 aliphatic rings. The highest BCUT2D eigenvalue weighted by Crippen LogP contribution is 2.27. The summed E-state index contributed by atoms with van der Waals surface area (Å²) in [5.41, 5.74) is 1.17. The van der Waals surface area contributed by atoms with Crippen molar-refractivity contribution in [2.24, 2.45) is 5.92 Å². The first-order valence-corrected chi connectivity index (χ1v) is 7.22. The van der Waals surface area contributed by atoms with E-state index in [2.05, 4.69) is 4.90 Å². The third-order valence-electron chi connectivity index (χ3n) is 3.98. The first-order valence-electron chi connectivity index (χ1n) is 7.22. The number of carbonyl (C=O) groups excluding carboxylic acids is 1. The number of hydrogen-bond donors (Lipinski definition) is 0. The number of halogens is 1. The fourth-order valence-electron chi connectivity index (χ4n) is 2.92. The normalized spacial score (nSPS) is 26.3. The van der Waals surface area contributed by atoms with E-state index in [4.69, 9.17) is 4.74 Å². The molecule has 0 saturated carbocycles. The van der Waals surface area contributed by atoms with Crippen molar-refractivity contribution in [3.8, 4) is 0 Å². The molecule has 0 amide bonds. The van der Waals surface area contributed by atoms with Crippen LogP contribution < -0.4 is 0 Å². The van der Waals surface area contributed by atoms with Crippen LogP contribution in [-0.4, -0.2) is 30.1 Å². The van der Waals surface area contributed by atoms with Crippen molar-refractivity contribution < 1.29 is 13.9 Å². The van der Waals surface area contributed by atoms with Gasteiger partial charge in [-0.25, -0.2) is 4.39 Å². The van der Waals surface area contributed by atoms with Gasteiger partial charge >= 0.3 is 5.97 Å². The molecule has 1 aliphatic carbocycles. The number of carbonyl (C=O) groups is 1. The van der Waals surface area contributed by atoms with Gasteiger partial charge in [0.15, 0.2) is 0 Å². The molecule has 3 nitrogen and oxygen atoms in total. The number of benzene rings is 1. The van der Waals surface area contributed by atoms with Crippen molar-refractivity contribution in [3.63, 3.8) is 0 Å². The third-order valence-corrected chi connectivity index (χ3v) is 3.98. The van der Waals surface area contributed by atoms with E-state index < -0.39 is 0 Å². The third kappa shape index (κ3) is 3.22. The Morgan fingerprint density at radius 3 is 2.81 bits per heavy atom. The highest BCUT2D eigenvalue weighted by atomic mass is 19.1. The molecule has 1 heterocycles. The molecule has 3 rings (SSSR count). The van der Waals surface area contributed by atoms with E-state index in [1.807, 2.05) is 30.3 Å². The summed E-state index contributed by atoms with van der Waals surface area (Å²) in [6, 6.07) is 9.72. The Balaban J connectivity index is 1.77. The summed E-state index contributed by atoms with van der Waals surface area (Å²) in [7, 11) is 0. The number of hydrogen-bond acceptors (Lipinski definition) is 3. The van der Waals surface area contributed by atoms with Gasteiger partial charge in [0.2, 0.25) is 0 Å². The maximum Gasteiger partial charge on any atom is 0.324 e. The van der Waals surface area contributed by atoms with Crippen LogP contribution in [0.5, 0.6) is 0 Å². The number of rotatable bonds is 3. The molecule has 0 spiro atoms. The molecule has 1 unspecified atom stereocenters. The Morgan fingerprint density at radius 1 is 1.29 bits per heavy atom. The first-order chi connectivity index (χ1) is 10.2. The maximum atomic E-state index is 13.1. The lowest BCUT2D eigenvalue weighted by molar-refractivity contribution is -0.160. The highest BCUT2D eigenvalue weighted by molar-refractivity contribution is 5.77. The average Bonchev–Trinajstić information content (AvgIpc) is 2.50. The van der Waals surface area contributed by atoms with E-state index in [0.29, 0.717) is 26.1 Å². The van der Waals surface area contributed by atoms with Crippen molar-refractivity contribution >= 4 is 5.97 Å². The van der Waals surface area contributed by atoms with Gasteiger partial charge in [-0.2, -0.15) is 0 Å². The standard InChI is InChI=1S/C17H18FNO2/c18-15-8-6-14(7-9-15)16-17(20)21-11-10-19(16)12-13-4-2-1-3-5-13/h1-6,8-9,14,16H,7,10-12H2/t14-,16?/m1/s1. The van der Waals surface area contributed by atoms with Crippen LogP contribution in [0.25, 0.3) is 0 Å². The second kappa shape index (κ2) is 6.22. The van der Waals surface area contributed by atoms with E-state index in [1.165, 1.54) is 17.7 Å². The van der Waals surface area contributed by atoms with E-state index in [0.717, 1.165) is 0 Å². The van der Waals surface area contributed by atoms with Crippen molar-refractivity contribution in [2.75, 3.05) is 13.2 Å². The van der Waals surface area contributed by atoms with E-state index in [1.54, 1.807) is 6.08 Å². The summed E-state index contributed by atoms with van der Waals surface area (Å²) in [6.45, 7) is 1.84. The van der Waals surface area contributed by atoms with Crippen LogP contribution in [0.3, 0.4) is 0 Å². The van der Waals surface area contributed by atoms with Crippen molar-refractivity contribution in [3.05, 3.63) is 60.0 Å². The van der Waals surface area contributed by atoms with Gasteiger partial charge in [-0.1, -0.05) is 36.4 Å². The van der Waals surface area contributed by atoms with Crippen molar-refractivity contribution in [1.82, 2.24) is 4.90 Å².